The maximum Gasteiger partial charge on any atom is 0.104 e. The fourth-order valence-electron chi connectivity index (χ4n) is 0.152. The van der Waals surface area contributed by atoms with Crippen molar-refractivity contribution in [1.82, 2.24) is 4.37 Å². The molecule has 1 radical (unpaired) electrons. The van der Waals surface area contributed by atoms with Crippen molar-refractivity contribution in [3.8, 4) is 0 Å². The Morgan fingerprint density at radius 3 is 2.67 bits per heavy atom. The Bertz CT molecular complexity index is 67.3. The number of rotatable bonds is 0. The summed E-state index contributed by atoms with van der Waals surface area (Å²) in [5.74, 6) is 0. The van der Waals surface area contributed by atoms with Crippen LogP contribution in [0.3, 0.4) is 0 Å². The molecular weight excluding hydrogens is 105 g/mol. The van der Waals surface area contributed by atoms with Crippen LogP contribution in [0.4, 0.5) is 0 Å². The van der Waals surface area contributed by atoms with Gasteiger partial charge in [-0.3, -0.25) is 0 Å². The first-order valence-corrected chi connectivity index (χ1v) is 2.10. The van der Waals surface area contributed by atoms with Crippen LogP contribution >= 0.6 is 11.5 Å². The molecule has 0 N–H and O–H groups in total. The number of nitrogens with zero attached hydrogens (tertiary/aromatic N) is 1. The zero-order chi connectivity index (χ0) is 3.54. The normalized spacial score (nSPS) is 6.67. The van der Waals surface area contributed by atoms with Crippen molar-refractivity contribution in [2.45, 2.75) is 0 Å². The summed E-state index contributed by atoms with van der Waals surface area (Å²) in [4.78, 5) is 0. The van der Waals surface area contributed by atoms with E-state index in [0.717, 1.165) is 0 Å². The van der Waals surface area contributed by atoms with Gasteiger partial charge in [-0.1, -0.05) is 0 Å². The van der Waals surface area contributed by atoms with Crippen molar-refractivity contribution in [1.29, 1.82) is 0 Å². The van der Waals surface area contributed by atoms with Gasteiger partial charge in [0.15, 0.2) is 0 Å². The third-order valence-electron chi connectivity index (χ3n) is 0.309. The second-order valence-corrected chi connectivity index (χ2v) is 1.29. The molecule has 0 fully saturated rings. The monoisotopic (exact) mass is 108 g/mol. The van der Waals surface area contributed by atoms with Crippen LogP contribution in [0.2, 0.25) is 0 Å². The Morgan fingerprint density at radius 2 is 2.50 bits per heavy atom. The Balaban J connectivity index is 0.000000250. The van der Waals surface area contributed by atoms with Crippen LogP contribution in [-0.2, 0) is 0 Å². The van der Waals surface area contributed by atoms with Gasteiger partial charge in [0.1, 0.15) is 6.20 Å². The second kappa shape index (κ2) is 3.81. The van der Waals surface area contributed by atoms with Gasteiger partial charge in [-0.25, -0.2) is 0 Å². The van der Waals surface area contributed by atoms with Crippen molar-refractivity contribution < 1.29 is 0 Å². The largest absolute Gasteiger partial charge is 0.191 e. The zero-order valence-corrected chi connectivity index (χ0v) is 3.33. The molecule has 0 unspecified atom stereocenters. The van der Waals surface area contributed by atoms with Crippen molar-refractivity contribution in [3.63, 3.8) is 0 Å². The van der Waals surface area contributed by atoms with E-state index >= 15 is 0 Å². The first-order valence-electron chi connectivity index (χ1n) is 1.26. The third kappa shape index (κ3) is 1.92. The molecule has 0 aliphatic rings. The van der Waals surface area contributed by atoms with Gasteiger partial charge in [0, 0.05) is 5.38 Å². The molecule has 1 nitrogen and oxygen atoms in total. The van der Waals surface area contributed by atoms with Gasteiger partial charge >= 0.3 is 29.6 Å². The molecule has 3 heteroatoms. The van der Waals surface area contributed by atoms with Gasteiger partial charge in [-0.15, -0.1) is 0 Å². The first-order chi connectivity index (χ1) is 2.50. The fourth-order valence-corrected chi connectivity index (χ4v) is 0.456. The van der Waals surface area contributed by atoms with Crippen LogP contribution in [-0.4, -0.2) is 33.9 Å². The quantitative estimate of drug-likeness (QED) is 0.435. The minimum atomic E-state index is 0. The topological polar surface area (TPSA) is 12.9 Å². The summed E-state index contributed by atoms with van der Waals surface area (Å²) in [6, 6.07) is 1.78. The predicted octanol–water partition coefficient (Wildman–Crippen LogP) is 0.295. The fraction of sp³-hybridized carbons (Fsp3) is 0. The second-order valence-electron chi connectivity index (χ2n) is 0.629. The summed E-state index contributed by atoms with van der Waals surface area (Å²) in [7, 11) is 0. The average Bonchev–Trinajstić information content (AvgIpc) is 1.76. The smallest absolute Gasteiger partial charge is 0.104 e. The van der Waals surface area contributed by atoms with Crippen LogP contribution in [0.25, 0.3) is 0 Å². The van der Waals surface area contributed by atoms with E-state index in [2.05, 4.69) is 10.6 Å². The third-order valence-corrected chi connectivity index (χ3v) is 0.777. The molecule has 1 aromatic heterocycles. The minimum absolute atomic E-state index is 0. The van der Waals surface area contributed by atoms with Crippen molar-refractivity contribution in [2.75, 3.05) is 0 Å². The van der Waals surface area contributed by atoms with Crippen LogP contribution < -0.4 is 0 Å². The van der Waals surface area contributed by atoms with E-state index in [1.165, 1.54) is 11.5 Å². The molecule has 0 aliphatic heterocycles. The van der Waals surface area contributed by atoms with E-state index in [1.807, 2.05) is 5.38 Å². The first kappa shape index (κ1) is 6.63. The molecule has 1 rings (SSSR count). The molecule has 0 spiro atoms. The molecule has 0 saturated heterocycles. The molecular formula is C3H3NNaS. The van der Waals surface area contributed by atoms with E-state index in [9.17, 15) is 0 Å². The van der Waals surface area contributed by atoms with Gasteiger partial charge in [0.25, 0.3) is 0 Å². The summed E-state index contributed by atoms with van der Waals surface area (Å²) >= 11 is 1.41. The maximum atomic E-state index is 3.64. The van der Waals surface area contributed by atoms with Crippen molar-refractivity contribution in [2.24, 2.45) is 0 Å². The minimum Gasteiger partial charge on any atom is -0.191 e. The van der Waals surface area contributed by atoms with Crippen LogP contribution in [0.1, 0.15) is 0 Å². The average molecular weight is 108 g/mol. The predicted molar refractivity (Wildman–Crippen MR) is 28.1 cm³/mol. The van der Waals surface area contributed by atoms with E-state index in [-0.39, 0.29) is 29.6 Å². The zero-order valence-electron chi connectivity index (χ0n) is 2.51. The van der Waals surface area contributed by atoms with Gasteiger partial charge in [0.05, 0.1) is 0 Å². The number of aromatic nitrogens is 1. The standard InChI is InChI=1S/C3H2NS.Na.H/c1-2-4-5-3-1;;/h1,3H;;. The van der Waals surface area contributed by atoms with Crippen LogP contribution in [0.15, 0.2) is 11.4 Å². The van der Waals surface area contributed by atoms with Gasteiger partial charge < -0.3 is 0 Å². The van der Waals surface area contributed by atoms with Gasteiger partial charge in [-0.05, 0) is 17.6 Å². The van der Waals surface area contributed by atoms with Gasteiger partial charge in [-0.2, -0.15) is 4.37 Å². The van der Waals surface area contributed by atoms with Crippen LogP contribution in [0, 0.1) is 6.20 Å². The molecule has 6 heavy (non-hydrogen) atoms. The van der Waals surface area contributed by atoms with Gasteiger partial charge in [0.2, 0.25) is 0 Å². The summed E-state index contributed by atoms with van der Waals surface area (Å²) in [6.07, 6.45) is 2.63. The summed E-state index contributed by atoms with van der Waals surface area (Å²) in [6.45, 7) is 0. The molecule has 0 amide bonds. The molecule has 0 aliphatic carbocycles. The molecule has 1 heterocycles. The molecule has 0 bridgehead atoms. The van der Waals surface area contributed by atoms with E-state index < -0.39 is 0 Å². The molecule has 0 saturated carbocycles. The summed E-state index contributed by atoms with van der Waals surface area (Å²) < 4.78 is 3.64. The Hall–Kier alpha value is 0.630. The summed E-state index contributed by atoms with van der Waals surface area (Å²) in [5, 5.41) is 1.88. The maximum absolute atomic E-state index is 3.64. The summed E-state index contributed by atoms with van der Waals surface area (Å²) in [5.41, 5.74) is 0. The Morgan fingerprint density at radius 1 is 1.67 bits per heavy atom. The molecule has 0 atom stereocenters. The van der Waals surface area contributed by atoms with E-state index in [4.69, 9.17) is 0 Å². The SMILES string of the molecule is [NaH].[c]1ccsn1. The molecule has 27 valence electrons. The number of hydrogen-bond donors (Lipinski definition) is 0. The Labute approximate surface area is 62.8 Å². The van der Waals surface area contributed by atoms with E-state index in [1.54, 1.807) is 6.07 Å². The molecule has 1 aromatic rings. The van der Waals surface area contributed by atoms with E-state index in [0.29, 0.717) is 0 Å². The van der Waals surface area contributed by atoms with Crippen molar-refractivity contribution >= 4 is 41.1 Å². The Kier molecular flexibility index (Phi) is 4.21. The van der Waals surface area contributed by atoms with Crippen LogP contribution in [0.5, 0.6) is 0 Å². The molecule has 0 aromatic carbocycles. The number of hydrogen-bond acceptors (Lipinski definition) is 2. The van der Waals surface area contributed by atoms with Crippen molar-refractivity contribution in [3.05, 3.63) is 17.6 Å².